The number of rotatable bonds is 14. The third kappa shape index (κ3) is 10.1. The molecule has 0 fully saturated rings. The van der Waals surface area contributed by atoms with Crippen LogP contribution in [-0.4, -0.2) is 60.5 Å². The number of nitrogens with one attached hydrogen (secondary N) is 2. The van der Waals surface area contributed by atoms with E-state index in [2.05, 4.69) is 43.2 Å². The van der Waals surface area contributed by atoms with Gasteiger partial charge in [-0.25, -0.2) is 4.79 Å². The largest absolute Gasteiger partial charge is 0.354 e. The third-order valence-corrected chi connectivity index (χ3v) is 5.48. The first kappa shape index (κ1) is 26.0. The summed E-state index contributed by atoms with van der Waals surface area (Å²) in [5, 5.41) is 6.07. The topological polar surface area (TPSA) is 64.7 Å². The molecule has 0 saturated carbocycles. The molecule has 0 aliphatic carbocycles. The van der Waals surface area contributed by atoms with Gasteiger partial charge in [0.2, 0.25) is 5.91 Å². The van der Waals surface area contributed by atoms with E-state index in [-0.39, 0.29) is 18.0 Å². The molecule has 1 atom stereocenters. The Balaban J connectivity index is 2.47. The lowest BCUT2D eigenvalue weighted by Gasteiger charge is -2.24. The van der Waals surface area contributed by atoms with Crippen molar-refractivity contribution in [2.75, 3.05) is 38.0 Å². The minimum Gasteiger partial charge on any atom is -0.354 e. The fraction of sp³-hybridized carbons (Fsp3) is 0.667. The molecule has 0 spiro atoms. The summed E-state index contributed by atoms with van der Waals surface area (Å²) in [7, 11) is 0. The smallest absolute Gasteiger partial charge is 0.321 e. The van der Waals surface area contributed by atoms with E-state index >= 15 is 0 Å². The van der Waals surface area contributed by atoms with E-state index in [9.17, 15) is 9.59 Å². The van der Waals surface area contributed by atoms with Crippen LogP contribution in [0, 0.1) is 6.92 Å². The van der Waals surface area contributed by atoms with E-state index in [1.165, 1.54) is 0 Å². The Hall–Kier alpha value is -2.08. The first-order valence-electron chi connectivity index (χ1n) is 11.5. The maximum Gasteiger partial charge on any atom is 0.321 e. The number of aryl methyl sites for hydroxylation is 1. The van der Waals surface area contributed by atoms with Crippen molar-refractivity contribution in [2.24, 2.45) is 0 Å². The monoisotopic (exact) mass is 418 g/mol. The van der Waals surface area contributed by atoms with Crippen molar-refractivity contribution >= 4 is 17.6 Å². The van der Waals surface area contributed by atoms with Crippen molar-refractivity contribution in [3.05, 3.63) is 29.8 Å². The molecule has 1 rings (SSSR count). The SMILES string of the molecule is CCCCN(CCC(=O)NC(C)CCCN(CC)CC)C(=O)Nc1ccccc1C. The third-order valence-electron chi connectivity index (χ3n) is 5.48. The van der Waals surface area contributed by atoms with Crippen LogP contribution in [0.15, 0.2) is 24.3 Å². The first-order chi connectivity index (χ1) is 14.4. The number of hydrogen-bond donors (Lipinski definition) is 2. The second-order valence-corrected chi connectivity index (χ2v) is 7.97. The number of para-hydroxylation sites is 1. The molecule has 1 aromatic carbocycles. The van der Waals surface area contributed by atoms with Crippen molar-refractivity contribution < 1.29 is 9.59 Å². The standard InChI is InChI=1S/C24H42N4O2/c1-6-9-18-28(24(30)26-22-15-11-10-13-20(22)4)19-16-23(29)25-21(5)14-12-17-27(7-2)8-3/h10-11,13,15,21H,6-9,12,14,16-19H2,1-5H3,(H,25,29)(H,26,30). The summed E-state index contributed by atoms with van der Waals surface area (Å²) in [6.45, 7) is 14.8. The molecule has 6 nitrogen and oxygen atoms in total. The van der Waals surface area contributed by atoms with Crippen LogP contribution in [0.1, 0.15) is 65.4 Å². The summed E-state index contributed by atoms with van der Waals surface area (Å²) >= 11 is 0. The van der Waals surface area contributed by atoms with Gasteiger partial charge in [-0.2, -0.15) is 0 Å². The van der Waals surface area contributed by atoms with Gasteiger partial charge in [-0.3, -0.25) is 4.79 Å². The fourth-order valence-electron chi connectivity index (χ4n) is 3.39. The maximum absolute atomic E-state index is 12.7. The molecule has 0 heterocycles. The first-order valence-corrected chi connectivity index (χ1v) is 11.5. The van der Waals surface area contributed by atoms with Crippen LogP contribution in [0.4, 0.5) is 10.5 Å². The summed E-state index contributed by atoms with van der Waals surface area (Å²) in [5.41, 5.74) is 1.84. The summed E-state index contributed by atoms with van der Waals surface area (Å²) in [6.07, 6.45) is 4.29. The second kappa shape index (κ2) is 14.8. The molecule has 0 saturated heterocycles. The van der Waals surface area contributed by atoms with Gasteiger partial charge in [0.15, 0.2) is 0 Å². The van der Waals surface area contributed by atoms with Gasteiger partial charge in [-0.05, 0) is 64.4 Å². The summed E-state index contributed by atoms with van der Waals surface area (Å²) in [6, 6.07) is 7.75. The van der Waals surface area contributed by atoms with Crippen LogP contribution >= 0.6 is 0 Å². The number of benzene rings is 1. The minimum atomic E-state index is -0.141. The highest BCUT2D eigenvalue weighted by molar-refractivity contribution is 5.90. The molecule has 0 aliphatic rings. The fourth-order valence-corrected chi connectivity index (χ4v) is 3.39. The lowest BCUT2D eigenvalue weighted by Crippen LogP contribution is -2.40. The molecule has 0 aromatic heterocycles. The Morgan fingerprint density at radius 1 is 1.00 bits per heavy atom. The summed E-state index contributed by atoms with van der Waals surface area (Å²) < 4.78 is 0. The molecule has 3 amide bonds. The zero-order valence-corrected chi connectivity index (χ0v) is 19.7. The quantitative estimate of drug-likeness (QED) is 0.462. The van der Waals surface area contributed by atoms with Crippen LogP contribution in [-0.2, 0) is 4.79 Å². The number of anilines is 1. The Kier molecular flexibility index (Phi) is 12.8. The Labute approximate surface area is 183 Å². The lowest BCUT2D eigenvalue weighted by molar-refractivity contribution is -0.121. The van der Waals surface area contributed by atoms with E-state index in [0.717, 1.165) is 56.6 Å². The van der Waals surface area contributed by atoms with Crippen LogP contribution in [0.3, 0.4) is 0 Å². The lowest BCUT2D eigenvalue weighted by atomic mass is 10.1. The molecular formula is C24H42N4O2. The van der Waals surface area contributed by atoms with Crippen molar-refractivity contribution in [2.45, 2.75) is 72.8 Å². The Bertz CT molecular complexity index is 631. The summed E-state index contributed by atoms with van der Waals surface area (Å²) in [5.74, 6) is 0.00975. The van der Waals surface area contributed by atoms with Crippen LogP contribution in [0.25, 0.3) is 0 Å². The predicted molar refractivity (Wildman–Crippen MR) is 126 cm³/mol. The molecular weight excluding hydrogens is 376 g/mol. The van der Waals surface area contributed by atoms with Crippen LogP contribution < -0.4 is 10.6 Å². The average molecular weight is 419 g/mol. The van der Waals surface area contributed by atoms with Gasteiger partial charge in [-0.15, -0.1) is 0 Å². The minimum absolute atomic E-state index is 0.00975. The number of carbonyl (C=O) groups is 2. The second-order valence-electron chi connectivity index (χ2n) is 7.97. The van der Waals surface area contributed by atoms with E-state index < -0.39 is 0 Å². The van der Waals surface area contributed by atoms with Crippen molar-refractivity contribution in [3.63, 3.8) is 0 Å². The molecule has 1 unspecified atom stereocenters. The summed E-state index contributed by atoms with van der Waals surface area (Å²) in [4.78, 5) is 29.3. The van der Waals surface area contributed by atoms with Crippen LogP contribution in [0.2, 0.25) is 0 Å². The maximum atomic E-state index is 12.7. The van der Waals surface area contributed by atoms with E-state index in [0.29, 0.717) is 19.5 Å². The number of amides is 3. The number of urea groups is 1. The number of nitrogens with zero attached hydrogens (tertiary/aromatic N) is 2. The van der Waals surface area contributed by atoms with Gasteiger partial charge in [0, 0.05) is 31.2 Å². The van der Waals surface area contributed by atoms with Gasteiger partial charge in [-0.1, -0.05) is 45.4 Å². The molecule has 170 valence electrons. The number of hydrogen-bond acceptors (Lipinski definition) is 3. The molecule has 0 radical (unpaired) electrons. The Morgan fingerprint density at radius 2 is 1.70 bits per heavy atom. The highest BCUT2D eigenvalue weighted by atomic mass is 16.2. The van der Waals surface area contributed by atoms with Gasteiger partial charge < -0.3 is 20.4 Å². The van der Waals surface area contributed by atoms with Crippen molar-refractivity contribution in [3.8, 4) is 0 Å². The number of carbonyl (C=O) groups excluding carboxylic acids is 2. The Morgan fingerprint density at radius 3 is 2.33 bits per heavy atom. The van der Waals surface area contributed by atoms with E-state index in [1.807, 2.05) is 31.2 Å². The molecule has 1 aromatic rings. The van der Waals surface area contributed by atoms with E-state index in [1.54, 1.807) is 4.90 Å². The highest BCUT2D eigenvalue weighted by Gasteiger charge is 2.16. The van der Waals surface area contributed by atoms with Crippen molar-refractivity contribution in [1.29, 1.82) is 0 Å². The van der Waals surface area contributed by atoms with Gasteiger partial charge in [0.1, 0.15) is 0 Å². The molecule has 30 heavy (non-hydrogen) atoms. The van der Waals surface area contributed by atoms with E-state index in [4.69, 9.17) is 0 Å². The normalized spacial score (nSPS) is 11.9. The zero-order chi connectivity index (χ0) is 22.4. The molecule has 6 heteroatoms. The number of unbranched alkanes of at least 4 members (excludes halogenated alkanes) is 1. The highest BCUT2D eigenvalue weighted by Crippen LogP contribution is 2.14. The van der Waals surface area contributed by atoms with Gasteiger partial charge in [0.25, 0.3) is 0 Å². The van der Waals surface area contributed by atoms with Crippen LogP contribution in [0.5, 0.6) is 0 Å². The van der Waals surface area contributed by atoms with Gasteiger partial charge in [0.05, 0.1) is 0 Å². The predicted octanol–water partition coefficient (Wildman–Crippen LogP) is 4.65. The molecule has 0 aliphatic heterocycles. The molecule has 2 N–H and O–H groups in total. The zero-order valence-electron chi connectivity index (χ0n) is 19.7. The molecule has 0 bridgehead atoms. The average Bonchev–Trinajstić information content (AvgIpc) is 2.72. The van der Waals surface area contributed by atoms with Gasteiger partial charge >= 0.3 is 6.03 Å². The van der Waals surface area contributed by atoms with Crippen molar-refractivity contribution in [1.82, 2.24) is 15.1 Å².